The zero-order chi connectivity index (χ0) is 19.0. The van der Waals surface area contributed by atoms with Crippen molar-refractivity contribution < 1.29 is 19.2 Å². The average Bonchev–Trinajstić information content (AvgIpc) is 3.12. The van der Waals surface area contributed by atoms with Gasteiger partial charge in [-0.15, -0.1) is 0 Å². The average molecular weight is 383 g/mol. The first-order valence-electron chi connectivity index (χ1n) is 8.64. The summed E-state index contributed by atoms with van der Waals surface area (Å²) in [6.45, 7) is 0.0760. The predicted molar refractivity (Wildman–Crippen MR) is 102 cm³/mol. The Labute approximate surface area is 159 Å². The highest BCUT2D eigenvalue weighted by molar-refractivity contribution is 8.15. The summed E-state index contributed by atoms with van der Waals surface area (Å²) in [6, 6.07) is 13.5. The van der Waals surface area contributed by atoms with Gasteiger partial charge in [0.25, 0.3) is 11.1 Å². The molecule has 7 nitrogen and oxygen atoms in total. The van der Waals surface area contributed by atoms with E-state index in [0.717, 1.165) is 38.0 Å². The van der Waals surface area contributed by atoms with Crippen molar-refractivity contribution in [1.29, 1.82) is 0 Å². The molecule has 2 aromatic carbocycles. The van der Waals surface area contributed by atoms with Crippen LogP contribution in [0.3, 0.4) is 0 Å². The van der Waals surface area contributed by atoms with E-state index in [0.29, 0.717) is 0 Å². The first-order chi connectivity index (χ1) is 13.0. The van der Waals surface area contributed by atoms with Gasteiger partial charge < -0.3 is 5.32 Å². The van der Waals surface area contributed by atoms with Crippen LogP contribution in [0.1, 0.15) is 12.8 Å². The first-order valence-corrected chi connectivity index (χ1v) is 9.52. The van der Waals surface area contributed by atoms with E-state index in [2.05, 4.69) is 5.32 Å². The maximum atomic E-state index is 12.7. The van der Waals surface area contributed by atoms with Gasteiger partial charge in [-0.25, -0.2) is 0 Å². The molecule has 2 aromatic rings. The molecule has 1 atom stereocenters. The Morgan fingerprint density at radius 1 is 0.889 bits per heavy atom. The molecule has 0 saturated carbocycles. The number of fused-ring (bicyclic) bond motifs is 1. The molecule has 2 aliphatic heterocycles. The van der Waals surface area contributed by atoms with Crippen LogP contribution in [0.15, 0.2) is 42.5 Å². The Hall–Kier alpha value is -2.87. The number of nitrogens with zero attached hydrogens (tertiary/aromatic N) is 2. The van der Waals surface area contributed by atoms with Crippen LogP contribution in [0.2, 0.25) is 0 Å². The number of amides is 4. The van der Waals surface area contributed by atoms with Gasteiger partial charge in [-0.1, -0.05) is 36.4 Å². The lowest BCUT2D eigenvalue weighted by molar-refractivity contribution is -0.139. The van der Waals surface area contributed by atoms with Gasteiger partial charge in [0.2, 0.25) is 11.8 Å². The SMILES string of the molecule is O=C1CCC(=O)N1CCN1C(=O)S[C@@H](Nc2cccc3ccccc23)C1=O. The molecule has 0 aliphatic carbocycles. The summed E-state index contributed by atoms with van der Waals surface area (Å²) in [5.74, 6) is -0.869. The largest absolute Gasteiger partial charge is 0.365 e. The summed E-state index contributed by atoms with van der Waals surface area (Å²) in [4.78, 5) is 50.5. The predicted octanol–water partition coefficient (Wildman–Crippen LogP) is 2.42. The van der Waals surface area contributed by atoms with Crippen LogP contribution in [0.4, 0.5) is 10.5 Å². The first kappa shape index (κ1) is 17.5. The number of benzene rings is 2. The fourth-order valence-corrected chi connectivity index (χ4v) is 4.23. The maximum absolute atomic E-state index is 12.7. The van der Waals surface area contributed by atoms with E-state index in [-0.39, 0.29) is 48.9 Å². The molecule has 0 radical (unpaired) electrons. The molecule has 2 saturated heterocycles. The molecule has 0 spiro atoms. The lowest BCUT2D eigenvalue weighted by atomic mass is 10.1. The summed E-state index contributed by atoms with van der Waals surface area (Å²) in [6.07, 6.45) is 0.390. The second-order valence-electron chi connectivity index (χ2n) is 6.36. The van der Waals surface area contributed by atoms with Crippen LogP contribution in [0, 0.1) is 0 Å². The number of thioether (sulfide) groups is 1. The van der Waals surface area contributed by atoms with Gasteiger partial charge in [-0.3, -0.25) is 29.0 Å². The summed E-state index contributed by atoms with van der Waals surface area (Å²) in [5, 5.41) is 4.04. The van der Waals surface area contributed by atoms with Crippen molar-refractivity contribution in [3.63, 3.8) is 0 Å². The lowest BCUT2D eigenvalue weighted by Gasteiger charge is -2.19. The molecule has 2 aliphatic rings. The zero-order valence-electron chi connectivity index (χ0n) is 14.4. The highest BCUT2D eigenvalue weighted by atomic mass is 32.2. The number of hydrogen-bond acceptors (Lipinski definition) is 6. The molecule has 0 bridgehead atoms. The summed E-state index contributed by atoms with van der Waals surface area (Å²) in [7, 11) is 0. The summed E-state index contributed by atoms with van der Waals surface area (Å²) >= 11 is 0.907. The number of anilines is 1. The molecule has 4 rings (SSSR count). The van der Waals surface area contributed by atoms with Gasteiger partial charge in [0.1, 0.15) is 0 Å². The molecule has 0 aromatic heterocycles. The monoisotopic (exact) mass is 383 g/mol. The number of likely N-dealkylation sites (tertiary alicyclic amines) is 1. The Bertz CT molecular complexity index is 940. The maximum Gasteiger partial charge on any atom is 0.290 e. The van der Waals surface area contributed by atoms with Gasteiger partial charge >= 0.3 is 0 Å². The van der Waals surface area contributed by atoms with Crippen LogP contribution in [0.5, 0.6) is 0 Å². The van der Waals surface area contributed by atoms with E-state index in [9.17, 15) is 19.2 Å². The van der Waals surface area contributed by atoms with Gasteiger partial charge in [0.05, 0.1) is 0 Å². The summed E-state index contributed by atoms with van der Waals surface area (Å²) in [5.41, 5.74) is 0.776. The molecule has 0 unspecified atom stereocenters. The quantitative estimate of drug-likeness (QED) is 0.798. The minimum absolute atomic E-state index is 0.0237. The van der Waals surface area contributed by atoms with Crippen molar-refractivity contribution in [1.82, 2.24) is 9.80 Å². The molecule has 27 heavy (non-hydrogen) atoms. The number of rotatable bonds is 5. The highest BCUT2D eigenvalue weighted by Crippen LogP contribution is 2.31. The van der Waals surface area contributed by atoms with E-state index in [1.165, 1.54) is 0 Å². The van der Waals surface area contributed by atoms with E-state index in [1.807, 2.05) is 42.5 Å². The number of carbonyl (C=O) groups is 4. The normalized spacial score (nSPS) is 20.2. The number of imide groups is 2. The number of carbonyl (C=O) groups excluding carboxylic acids is 4. The van der Waals surface area contributed by atoms with Crippen LogP contribution in [-0.4, -0.2) is 51.2 Å². The van der Waals surface area contributed by atoms with Crippen LogP contribution < -0.4 is 5.32 Å². The van der Waals surface area contributed by atoms with Crippen molar-refractivity contribution in [2.75, 3.05) is 18.4 Å². The highest BCUT2D eigenvalue weighted by Gasteiger charge is 2.40. The Morgan fingerprint density at radius 2 is 1.56 bits per heavy atom. The van der Waals surface area contributed by atoms with E-state index >= 15 is 0 Å². The Morgan fingerprint density at radius 3 is 2.33 bits per heavy atom. The van der Waals surface area contributed by atoms with Crippen molar-refractivity contribution in [2.24, 2.45) is 0 Å². The standard InChI is InChI=1S/C19H17N3O4S/c23-15-8-9-16(24)21(15)10-11-22-18(25)17(27-19(22)26)20-14-7-3-5-12-4-1-2-6-13(12)14/h1-7,17,20H,8-11H2/t17-/m1/s1. The van der Waals surface area contributed by atoms with Crippen LogP contribution >= 0.6 is 11.8 Å². The molecular weight excluding hydrogens is 366 g/mol. The smallest absolute Gasteiger partial charge is 0.290 e. The number of hydrogen-bond donors (Lipinski definition) is 1. The molecule has 8 heteroatoms. The number of nitrogens with one attached hydrogen (secondary N) is 1. The minimum Gasteiger partial charge on any atom is -0.365 e. The van der Waals surface area contributed by atoms with Crippen molar-refractivity contribution >= 4 is 51.2 Å². The fraction of sp³-hybridized carbons (Fsp3) is 0.263. The third kappa shape index (κ3) is 3.28. The lowest BCUT2D eigenvalue weighted by Crippen LogP contribution is -2.41. The van der Waals surface area contributed by atoms with Crippen molar-refractivity contribution in [3.05, 3.63) is 42.5 Å². The van der Waals surface area contributed by atoms with E-state index in [4.69, 9.17) is 0 Å². The van der Waals surface area contributed by atoms with Crippen molar-refractivity contribution in [3.8, 4) is 0 Å². The zero-order valence-corrected chi connectivity index (χ0v) is 15.2. The Kier molecular flexibility index (Phi) is 4.57. The molecule has 1 N–H and O–H groups in total. The van der Waals surface area contributed by atoms with Gasteiger partial charge in [-0.05, 0) is 23.2 Å². The van der Waals surface area contributed by atoms with Gasteiger partial charge in [-0.2, -0.15) is 0 Å². The molecule has 138 valence electrons. The second-order valence-corrected chi connectivity index (χ2v) is 7.42. The van der Waals surface area contributed by atoms with E-state index < -0.39 is 5.37 Å². The molecule has 4 amide bonds. The third-order valence-electron chi connectivity index (χ3n) is 4.71. The molecular formula is C19H17N3O4S. The Balaban J connectivity index is 1.46. The third-order valence-corrected chi connectivity index (χ3v) is 5.68. The van der Waals surface area contributed by atoms with E-state index in [1.54, 1.807) is 0 Å². The van der Waals surface area contributed by atoms with Crippen LogP contribution in [-0.2, 0) is 14.4 Å². The van der Waals surface area contributed by atoms with Gasteiger partial charge in [0, 0.05) is 37.0 Å². The van der Waals surface area contributed by atoms with Crippen LogP contribution in [0.25, 0.3) is 10.8 Å². The van der Waals surface area contributed by atoms with Gasteiger partial charge in [0.15, 0.2) is 5.37 Å². The van der Waals surface area contributed by atoms with Crippen molar-refractivity contribution in [2.45, 2.75) is 18.2 Å². The molecule has 2 heterocycles. The second kappa shape index (κ2) is 7.03. The molecule has 2 fully saturated rings. The minimum atomic E-state index is -0.728. The topological polar surface area (TPSA) is 86.8 Å². The fourth-order valence-electron chi connectivity index (χ4n) is 3.30. The summed E-state index contributed by atoms with van der Waals surface area (Å²) < 4.78 is 0.